The van der Waals surface area contributed by atoms with Gasteiger partial charge >= 0.3 is 0 Å². The number of hydrogen-bond acceptors (Lipinski definition) is 2. The number of nitrogens with one attached hydrogen (secondary N) is 1. The van der Waals surface area contributed by atoms with Gasteiger partial charge in [0.15, 0.2) is 0 Å². The van der Waals surface area contributed by atoms with Gasteiger partial charge in [-0.05, 0) is 38.5 Å². The van der Waals surface area contributed by atoms with Gasteiger partial charge in [0, 0.05) is 12.6 Å². The van der Waals surface area contributed by atoms with Gasteiger partial charge in [-0.3, -0.25) is 0 Å². The van der Waals surface area contributed by atoms with Crippen molar-refractivity contribution in [1.82, 2.24) is 5.32 Å². The zero-order chi connectivity index (χ0) is 11.3. The highest BCUT2D eigenvalue weighted by molar-refractivity contribution is 4.86. The van der Waals surface area contributed by atoms with E-state index in [-0.39, 0.29) is 0 Å². The van der Waals surface area contributed by atoms with Gasteiger partial charge in [0.1, 0.15) is 0 Å². The van der Waals surface area contributed by atoms with E-state index in [1.165, 1.54) is 19.3 Å². The Balaban J connectivity index is 2.12. The van der Waals surface area contributed by atoms with E-state index in [2.05, 4.69) is 33.0 Å². The van der Waals surface area contributed by atoms with E-state index >= 15 is 0 Å². The molecule has 0 heterocycles. The highest BCUT2D eigenvalue weighted by Crippen LogP contribution is 2.33. The molecular formula is C13H27NO. The van der Waals surface area contributed by atoms with Crippen LogP contribution in [0.1, 0.15) is 47.0 Å². The highest BCUT2D eigenvalue weighted by Gasteiger charge is 2.30. The van der Waals surface area contributed by atoms with Gasteiger partial charge in [0.05, 0.1) is 12.7 Å². The molecule has 90 valence electrons. The van der Waals surface area contributed by atoms with Crippen LogP contribution in [0.15, 0.2) is 0 Å². The molecule has 1 aliphatic rings. The Kier molecular flexibility index (Phi) is 5.62. The predicted molar refractivity (Wildman–Crippen MR) is 65.1 cm³/mol. The van der Waals surface area contributed by atoms with Crippen LogP contribution >= 0.6 is 0 Å². The molecule has 0 aliphatic heterocycles. The number of ether oxygens (including phenoxy) is 1. The van der Waals surface area contributed by atoms with Crippen LogP contribution in [0.25, 0.3) is 0 Å². The van der Waals surface area contributed by atoms with E-state index in [0.29, 0.717) is 6.10 Å². The average Bonchev–Trinajstić information content (AvgIpc) is 2.54. The van der Waals surface area contributed by atoms with Gasteiger partial charge in [-0.15, -0.1) is 0 Å². The summed E-state index contributed by atoms with van der Waals surface area (Å²) in [7, 11) is 0. The molecule has 1 fully saturated rings. The van der Waals surface area contributed by atoms with Crippen molar-refractivity contribution in [3.63, 3.8) is 0 Å². The molecule has 2 heteroatoms. The summed E-state index contributed by atoms with van der Waals surface area (Å²) >= 11 is 0. The highest BCUT2D eigenvalue weighted by atomic mass is 16.5. The minimum absolute atomic E-state index is 0.358. The van der Waals surface area contributed by atoms with Crippen LogP contribution in [0.5, 0.6) is 0 Å². The maximum absolute atomic E-state index is 5.53. The summed E-state index contributed by atoms with van der Waals surface area (Å²) in [4.78, 5) is 0. The van der Waals surface area contributed by atoms with E-state index in [1.807, 2.05) is 0 Å². The van der Waals surface area contributed by atoms with Gasteiger partial charge in [-0.2, -0.15) is 0 Å². The van der Waals surface area contributed by atoms with E-state index < -0.39 is 0 Å². The summed E-state index contributed by atoms with van der Waals surface area (Å²) in [6, 6.07) is 0.728. The summed E-state index contributed by atoms with van der Waals surface area (Å²) < 4.78 is 5.53. The van der Waals surface area contributed by atoms with Gasteiger partial charge < -0.3 is 10.1 Å². The first-order valence-corrected chi connectivity index (χ1v) is 6.50. The Morgan fingerprint density at radius 3 is 2.60 bits per heavy atom. The summed E-state index contributed by atoms with van der Waals surface area (Å²) in [5.74, 6) is 1.78. The van der Waals surface area contributed by atoms with Crippen molar-refractivity contribution < 1.29 is 4.74 Å². The SMILES string of the molecule is CCC1CCC(NCCOC(C)C)C1C. The molecule has 1 saturated carbocycles. The first-order valence-electron chi connectivity index (χ1n) is 6.50. The topological polar surface area (TPSA) is 21.3 Å². The van der Waals surface area contributed by atoms with Crippen LogP contribution in [0, 0.1) is 11.8 Å². The van der Waals surface area contributed by atoms with Crippen LogP contribution in [0.3, 0.4) is 0 Å². The molecule has 0 aromatic heterocycles. The molecule has 1 N–H and O–H groups in total. The van der Waals surface area contributed by atoms with Gasteiger partial charge in [-0.1, -0.05) is 20.3 Å². The third-order valence-electron chi connectivity index (χ3n) is 3.71. The van der Waals surface area contributed by atoms with Crippen molar-refractivity contribution in [3.8, 4) is 0 Å². The molecule has 0 radical (unpaired) electrons. The van der Waals surface area contributed by atoms with Crippen LogP contribution in [0.2, 0.25) is 0 Å². The van der Waals surface area contributed by atoms with Gasteiger partial charge in [0.2, 0.25) is 0 Å². The van der Waals surface area contributed by atoms with Crippen molar-refractivity contribution in [2.24, 2.45) is 11.8 Å². The zero-order valence-electron chi connectivity index (χ0n) is 10.8. The van der Waals surface area contributed by atoms with Crippen molar-refractivity contribution >= 4 is 0 Å². The third kappa shape index (κ3) is 4.12. The molecule has 0 aromatic rings. The van der Waals surface area contributed by atoms with Crippen molar-refractivity contribution in [1.29, 1.82) is 0 Å². The van der Waals surface area contributed by atoms with Crippen molar-refractivity contribution in [3.05, 3.63) is 0 Å². The number of rotatable bonds is 6. The molecular weight excluding hydrogens is 186 g/mol. The van der Waals surface area contributed by atoms with Crippen LogP contribution in [-0.2, 0) is 4.74 Å². The Labute approximate surface area is 94.8 Å². The first-order chi connectivity index (χ1) is 7.15. The van der Waals surface area contributed by atoms with E-state index in [1.54, 1.807) is 0 Å². The lowest BCUT2D eigenvalue weighted by atomic mass is 9.93. The molecule has 3 atom stereocenters. The molecule has 0 spiro atoms. The van der Waals surface area contributed by atoms with Crippen LogP contribution in [0.4, 0.5) is 0 Å². The lowest BCUT2D eigenvalue weighted by molar-refractivity contribution is 0.0784. The van der Waals surface area contributed by atoms with Gasteiger partial charge in [0.25, 0.3) is 0 Å². The van der Waals surface area contributed by atoms with Gasteiger partial charge in [-0.25, -0.2) is 0 Å². The molecule has 0 saturated heterocycles. The third-order valence-corrected chi connectivity index (χ3v) is 3.71. The predicted octanol–water partition coefficient (Wildman–Crippen LogP) is 2.83. The largest absolute Gasteiger partial charge is 0.377 e. The Hall–Kier alpha value is -0.0800. The second kappa shape index (κ2) is 6.49. The van der Waals surface area contributed by atoms with Crippen molar-refractivity contribution in [2.45, 2.75) is 59.1 Å². The number of hydrogen-bond donors (Lipinski definition) is 1. The summed E-state index contributed by atoms with van der Waals surface area (Å²) in [6.45, 7) is 10.7. The molecule has 1 aliphatic carbocycles. The van der Waals surface area contributed by atoms with E-state index in [0.717, 1.165) is 31.0 Å². The van der Waals surface area contributed by atoms with Crippen molar-refractivity contribution in [2.75, 3.05) is 13.2 Å². The summed E-state index contributed by atoms with van der Waals surface area (Å²) in [5.41, 5.74) is 0. The Morgan fingerprint density at radius 2 is 2.07 bits per heavy atom. The lowest BCUT2D eigenvalue weighted by Crippen LogP contribution is -2.35. The van der Waals surface area contributed by atoms with E-state index in [9.17, 15) is 0 Å². The quantitative estimate of drug-likeness (QED) is 0.685. The molecule has 0 bridgehead atoms. The summed E-state index contributed by atoms with van der Waals surface area (Å²) in [5, 5.41) is 3.63. The molecule has 0 aromatic carbocycles. The molecule has 3 unspecified atom stereocenters. The van der Waals surface area contributed by atoms with Crippen LogP contribution in [-0.4, -0.2) is 25.3 Å². The first kappa shape index (κ1) is 13.0. The molecule has 2 nitrogen and oxygen atoms in total. The zero-order valence-corrected chi connectivity index (χ0v) is 10.8. The minimum atomic E-state index is 0.358. The monoisotopic (exact) mass is 213 g/mol. The van der Waals surface area contributed by atoms with Crippen LogP contribution < -0.4 is 5.32 Å². The van der Waals surface area contributed by atoms with E-state index in [4.69, 9.17) is 4.74 Å². The standard InChI is InChI=1S/C13H27NO/c1-5-12-6-7-13(11(12)4)14-8-9-15-10(2)3/h10-14H,5-9H2,1-4H3. The fraction of sp³-hybridized carbons (Fsp3) is 1.00. The molecule has 1 rings (SSSR count). The second-order valence-electron chi connectivity index (χ2n) is 5.08. The average molecular weight is 213 g/mol. The maximum Gasteiger partial charge on any atom is 0.0594 e. The Morgan fingerprint density at radius 1 is 1.33 bits per heavy atom. The smallest absolute Gasteiger partial charge is 0.0594 e. The Bertz CT molecular complexity index is 170. The maximum atomic E-state index is 5.53. The summed E-state index contributed by atoms with van der Waals surface area (Å²) in [6.07, 6.45) is 4.44. The lowest BCUT2D eigenvalue weighted by Gasteiger charge is -2.21. The molecule has 15 heavy (non-hydrogen) atoms. The minimum Gasteiger partial charge on any atom is -0.377 e. The fourth-order valence-electron chi connectivity index (χ4n) is 2.65. The second-order valence-corrected chi connectivity index (χ2v) is 5.08. The normalized spacial score (nSPS) is 31.4. The molecule has 0 amide bonds. The fourth-order valence-corrected chi connectivity index (χ4v) is 2.65.